The maximum absolute atomic E-state index is 14.3. The van der Waals surface area contributed by atoms with Crippen LogP contribution in [0.4, 0.5) is 4.39 Å². The summed E-state index contributed by atoms with van der Waals surface area (Å²) in [6.07, 6.45) is -4.55. The van der Waals surface area contributed by atoms with Crippen LogP contribution in [0, 0.1) is 0 Å². The van der Waals surface area contributed by atoms with Gasteiger partial charge in [-0.25, -0.2) is 9.18 Å². The minimum absolute atomic E-state index is 0.166. The number of halogens is 1. The second-order valence-corrected chi connectivity index (χ2v) is 13.1. The third kappa shape index (κ3) is 3.01. The van der Waals surface area contributed by atoms with E-state index in [1.165, 1.54) is 6.20 Å². The maximum atomic E-state index is 14.3. The molecule has 2 heterocycles. The number of aliphatic hydroxyl groups excluding tert-OH is 2. The van der Waals surface area contributed by atoms with Gasteiger partial charge < -0.3 is 14.9 Å². The Bertz CT molecular complexity index is 724. The summed E-state index contributed by atoms with van der Waals surface area (Å²) in [5.41, 5.74) is -1.28. The molecule has 1 aliphatic rings. The molecule has 4 atom stereocenters. The second kappa shape index (κ2) is 6.21. The van der Waals surface area contributed by atoms with Crippen molar-refractivity contribution < 1.29 is 19.3 Å². The van der Waals surface area contributed by atoms with E-state index in [0.29, 0.717) is 5.19 Å². The molecular formula is C15H25FN2O5Si. The summed E-state index contributed by atoms with van der Waals surface area (Å²) in [5.74, 6) is 0. The van der Waals surface area contributed by atoms with Gasteiger partial charge in [-0.15, -0.1) is 0 Å². The van der Waals surface area contributed by atoms with Gasteiger partial charge in [-0.3, -0.25) is 14.3 Å². The van der Waals surface area contributed by atoms with E-state index in [9.17, 15) is 19.1 Å². The van der Waals surface area contributed by atoms with Crippen molar-refractivity contribution in [1.82, 2.24) is 9.55 Å². The van der Waals surface area contributed by atoms with Crippen LogP contribution in [0.15, 0.2) is 15.8 Å². The molecule has 0 aliphatic carbocycles. The molecule has 1 aromatic heterocycles. The van der Waals surface area contributed by atoms with Crippen LogP contribution in [0.1, 0.15) is 27.0 Å². The monoisotopic (exact) mass is 360 g/mol. The van der Waals surface area contributed by atoms with Crippen LogP contribution in [-0.2, 0) is 4.74 Å². The van der Waals surface area contributed by atoms with E-state index >= 15 is 0 Å². The molecule has 2 rings (SSSR count). The number of H-pyrrole nitrogens is 1. The van der Waals surface area contributed by atoms with Gasteiger partial charge in [0.05, 0.1) is 14.7 Å². The summed E-state index contributed by atoms with van der Waals surface area (Å²) >= 11 is 0. The van der Waals surface area contributed by atoms with Crippen molar-refractivity contribution in [2.24, 2.45) is 0 Å². The molecule has 1 fully saturated rings. The third-order valence-corrected chi connectivity index (χ3v) is 10.7. The molecule has 0 bridgehead atoms. The number of rotatable bonds is 3. The topological polar surface area (TPSA) is 105 Å². The lowest BCUT2D eigenvalue weighted by atomic mass is 10.1. The summed E-state index contributed by atoms with van der Waals surface area (Å²) in [5, 5.41) is 19.2. The Hall–Kier alpha value is -1.29. The lowest BCUT2D eigenvalue weighted by Gasteiger charge is -2.36. The van der Waals surface area contributed by atoms with Crippen molar-refractivity contribution in [3.8, 4) is 0 Å². The van der Waals surface area contributed by atoms with Gasteiger partial charge in [0.15, 0.2) is 12.4 Å². The molecule has 0 saturated carbocycles. The van der Waals surface area contributed by atoms with Gasteiger partial charge in [0.2, 0.25) is 0 Å². The van der Waals surface area contributed by atoms with Crippen molar-refractivity contribution in [3.63, 3.8) is 0 Å². The van der Waals surface area contributed by atoms with E-state index in [4.69, 9.17) is 9.84 Å². The van der Waals surface area contributed by atoms with Gasteiger partial charge in [0.1, 0.15) is 12.2 Å². The van der Waals surface area contributed by atoms with E-state index in [0.717, 1.165) is 4.57 Å². The molecule has 1 aromatic rings. The van der Waals surface area contributed by atoms with Crippen molar-refractivity contribution >= 4 is 13.3 Å². The van der Waals surface area contributed by atoms with Gasteiger partial charge >= 0.3 is 5.69 Å². The summed E-state index contributed by atoms with van der Waals surface area (Å²) < 4.78 is 20.6. The fourth-order valence-corrected chi connectivity index (χ4v) is 4.50. The summed E-state index contributed by atoms with van der Waals surface area (Å²) in [6.45, 7) is 9.49. The molecule has 0 aromatic carbocycles. The Morgan fingerprint density at radius 1 is 1.38 bits per heavy atom. The Kier molecular flexibility index (Phi) is 4.93. The molecule has 136 valence electrons. The molecule has 3 N–H and O–H groups in total. The zero-order chi connectivity index (χ0) is 18.4. The van der Waals surface area contributed by atoms with Gasteiger partial charge in [0, 0.05) is 11.4 Å². The smallest absolute Gasteiger partial charge is 0.330 e. The Morgan fingerprint density at radius 2 is 1.96 bits per heavy atom. The Balaban J connectivity index is 2.57. The highest BCUT2D eigenvalue weighted by molar-refractivity contribution is 6.91. The SMILES string of the molecule is CC(C)(C)[Si](C)(C)c1cn([C@@H]2O[C@H](CO)[C@H](O)[C@H]2F)c(=O)[nH]c1=O. The van der Waals surface area contributed by atoms with Crippen LogP contribution in [0.3, 0.4) is 0 Å². The maximum Gasteiger partial charge on any atom is 0.330 e. The number of alkyl halides is 1. The number of aromatic amines is 1. The second-order valence-electron chi connectivity index (χ2n) is 7.77. The van der Waals surface area contributed by atoms with Crippen LogP contribution in [0.5, 0.6) is 0 Å². The predicted octanol–water partition coefficient (Wildman–Crippen LogP) is -0.159. The molecule has 9 heteroatoms. The number of ether oxygens (including phenoxy) is 1. The van der Waals surface area contributed by atoms with Crippen LogP contribution in [0.2, 0.25) is 18.1 Å². The third-order valence-electron chi connectivity index (χ3n) is 5.26. The highest BCUT2D eigenvalue weighted by Gasteiger charge is 2.46. The number of aliphatic hydroxyl groups is 2. The molecule has 0 radical (unpaired) electrons. The van der Waals surface area contributed by atoms with E-state index in [1.807, 2.05) is 33.9 Å². The lowest BCUT2D eigenvalue weighted by molar-refractivity contribution is -0.0490. The first-order chi connectivity index (χ1) is 10.9. The summed E-state index contributed by atoms with van der Waals surface area (Å²) in [4.78, 5) is 26.7. The number of nitrogens with one attached hydrogen (secondary N) is 1. The molecule has 1 aliphatic heterocycles. The van der Waals surface area contributed by atoms with E-state index in [2.05, 4.69) is 4.98 Å². The molecule has 7 nitrogen and oxygen atoms in total. The molecule has 0 amide bonds. The number of hydrogen-bond donors (Lipinski definition) is 3. The van der Waals surface area contributed by atoms with Gasteiger partial charge in [-0.2, -0.15) is 0 Å². The van der Waals surface area contributed by atoms with Crippen molar-refractivity contribution in [2.45, 2.75) is 63.5 Å². The molecule has 0 spiro atoms. The first kappa shape index (κ1) is 19.0. The predicted molar refractivity (Wildman–Crippen MR) is 90.1 cm³/mol. The number of aromatic nitrogens is 2. The first-order valence-electron chi connectivity index (χ1n) is 7.86. The normalized spacial score (nSPS) is 28.3. The average Bonchev–Trinajstić information content (AvgIpc) is 2.73. The van der Waals surface area contributed by atoms with Crippen LogP contribution < -0.4 is 16.4 Å². The van der Waals surface area contributed by atoms with Gasteiger partial charge in [0.25, 0.3) is 5.56 Å². The van der Waals surface area contributed by atoms with Crippen LogP contribution >= 0.6 is 0 Å². The van der Waals surface area contributed by atoms with Crippen LogP contribution in [-0.4, -0.2) is 52.8 Å². The molecular weight excluding hydrogens is 335 g/mol. The van der Waals surface area contributed by atoms with Gasteiger partial charge in [-0.1, -0.05) is 33.9 Å². The fourth-order valence-electron chi connectivity index (χ4n) is 2.60. The minimum atomic E-state index is -2.29. The lowest BCUT2D eigenvalue weighted by Crippen LogP contribution is -2.59. The molecule has 1 saturated heterocycles. The van der Waals surface area contributed by atoms with Crippen molar-refractivity contribution in [3.05, 3.63) is 27.0 Å². The highest BCUT2D eigenvalue weighted by atomic mass is 28.3. The van der Waals surface area contributed by atoms with E-state index < -0.39 is 50.5 Å². The van der Waals surface area contributed by atoms with E-state index in [-0.39, 0.29) is 5.04 Å². The minimum Gasteiger partial charge on any atom is -0.394 e. The Labute approximate surface area is 140 Å². The number of hydrogen-bond acceptors (Lipinski definition) is 5. The molecule has 0 unspecified atom stereocenters. The first-order valence-corrected chi connectivity index (χ1v) is 10.9. The summed E-state index contributed by atoms with van der Waals surface area (Å²) in [6, 6.07) is 0. The standard InChI is InChI=1S/C15H25FN2O5Si/c1-15(2,3)24(4,5)9-6-18(14(22)17-12(9)21)13-10(16)11(20)8(7-19)23-13/h6,8,10-11,13,19-20H,7H2,1-5H3,(H,17,21,22)/t8-,10-,11+,13-/m1/s1. The largest absolute Gasteiger partial charge is 0.394 e. The highest BCUT2D eigenvalue weighted by Crippen LogP contribution is 2.35. The Morgan fingerprint density at radius 3 is 2.42 bits per heavy atom. The zero-order valence-corrected chi connectivity index (χ0v) is 15.5. The fraction of sp³-hybridized carbons (Fsp3) is 0.733. The number of nitrogens with zero attached hydrogens (tertiary/aromatic N) is 1. The quantitative estimate of drug-likeness (QED) is 0.650. The average molecular weight is 360 g/mol. The van der Waals surface area contributed by atoms with Crippen LogP contribution in [0.25, 0.3) is 0 Å². The van der Waals surface area contributed by atoms with Crippen molar-refractivity contribution in [1.29, 1.82) is 0 Å². The zero-order valence-electron chi connectivity index (χ0n) is 14.5. The van der Waals surface area contributed by atoms with Gasteiger partial charge in [-0.05, 0) is 5.04 Å². The van der Waals surface area contributed by atoms with E-state index in [1.54, 1.807) is 0 Å². The summed E-state index contributed by atoms with van der Waals surface area (Å²) in [7, 11) is -2.29. The molecule has 24 heavy (non-hydrogen) atoms. The van der Waals surface area contributed by atoms with Crippen molar-refractivity contribution in [2.75, 3.05) is 6.61 Å².